The zero-order valence-electron chi connectivity index (χ0n) is 13.2. The van der Waals surface area contributed by atoms with Crippen LogP contribution in [-0.4, -0.2) is 26.4 Å². The third-order valence-electron chi connectivity index (χ3n) is 4.02. The zero-order valence-corrected chi connectivity index (χ0v) is 14.0. The lowest BCUT2D eigenvalue weighted by atomic mass is 9.96. The van der Waals surface area contributed by atoms with E-state index in [4.69, 9.17) is 16.0 Å². The van der Waals surface area contributed by atoms with Crippen molar-refractivity contribution in [2.24, 2.45) is 5.92 Å². The number of rotatable bonds is 5. The molecule has 1 N–H and O–H groups in total. The summed E-state index contributed by atoms with van der Waals surface area (Å²) in [7, 11) is 0. The average molecular weight is 377 g/mol. The Hall–Kier alpha value is -2.97. The van der Waals surface area contributed by atoms with E-state index in [1.165, 1.54) is 24.3 Å². The number of benzene rings is 2. The molecule has 0 aliphatic heterocycles. The summed E-state index contributed by atoms with van der Waals surface area (Å²) in [5, 5.41) is 21.2. The quantitative estimate of drug-likeness (QED) is 0.416. The molecule has 8 nitrogen and oxygen atoms in total. The summed E-state index contributed by atoms with van der Waals surface area (Å²) in [4.78, 5) is 35.0. The van der Waals surface area contributed by atoms with E-state index < -0.39 is 28.6 Å². The third-order valence-corrected chi connectivity index (χ3v) is 4.35. The molecule has 0 spiro atoms. The molecule has 0 amide bonds. The molecular weight excluding hydrogens is 364 g/mol. The monoisotopic (exact) mass is 376 g/mol. The van der Waals surface area contributed by atoms with E-state index in [1.807, 2.05) is 0 Å². The molecule has 3 aromatic rings. The first-order valence-corrected chi connectivity index (χ1v) is 8.10. The topological polar surface area (TPSA) is 116 Å². The summed E-state index contributed by atoms with van der Waals surface area (Å²) in [6.45, 7) is 0. The van der Waals surface area contributed by atoms with Crippen molar-refractivity contribution in [1.82, 2.24) is 4.57 Å². The van der Waals surface area contributed by atoms with Gasteiger partial charge < -0.3 is 9.52 Å². The Balaban J connectivity index is 1.96. The first-order valence-electron chi connectivity index (χ1n) is 7.57. The number of halogens is 1. The van der Waals surface area contributed by atoms with Crippen LogP contribution in [0.3, 0.4) is 0 Å². The number of non-ortho nitro benzene ring substituents is 1. The highest BCUT2D eigenvalue weighted by Gasteiger charge is 2.31. The number of aliphatic hydroxyl groups is 1. The molecule has 9 heteroatoms. The van der Waals surface area contributed by atoms with Crippen LogP contribution in [0.15, 0.2) is 57.7 Å². The van der Waals surface area contributed by atoms with Gasteiger partial charge in [0.15, 0.2) is 5.58 Å². The van der Waals surface area contributed by atoms with Gasteiger partial charge in [0.2, 0.25) is 5.91 Å². The van der Waals surface area contributed by atoms with Crippen LogP contribution < -0.4 is 5.76 Å². The Bertz CT molecular complexity index is 1020. The van der Waals surface area contributed by atoms with E-state index in [2.05, 4.69) is 0 Å². The molecule has 0 fully saturated rings. The van der Waals surface area contributed by atoms with E-state index in [0.717, 1.165) is 4.57 Å². The number of carbonyl (C=O) groups is 1. The number of hydrogen-bond donors (Lipinski definition) is 1. The molecule has 134 valence electrons. The molecule has 2 atom stereocenters. The van der Waals surface area contributed by atoms with Crippen LogP contribution in [0.5, 0.6) is 0 Å². The van der Waals surface area contributed by atoms with Gasteiger partial charge in [-0.05, 0) is 29.8 Å². The predicted octanol–water partition coefficient (Wildman–Crippen LogP) is 2.73. The van der Waals surface area contributed by atoms with Gasteiger partial charge in [0, 0.05) is 18.0 Å². The second kappa shape index (κ2) is 7.11. The number of carbonyl (C=O) groups excluding carboxylic acids is 1. The number of fused-ring (bicyclic) bond motifs is 1. The van der Waals surface area contributed by atoms with Crippen LogP contribution >= 0.6 is 11.6 Å². The fourth-order valence-corrected chi connectivity index (χ4v) is 2.95. The molecule has 0 saturated heterocycles. The second-order valence-electron chi connectivity index (χ2n) is 5.56. The molecule has 0 saturated carbocycles. The molecular formula is C17H13ClN2O6. The smallest absolute Gasteiger partial charge is 0.407 e. The summed E-state index contributed by atoms with van der Waals surface area (Å²) in [5.41, 5.74) is 0.639. The van der Waals surface area contributed by atoms with Gasteiger partial charge in [0.05, 0.1) is 22.5 Å². The number of nitro benzene ring substituents is 1. The van der Waals surface area contributed by atoms with E-state index in [9.17, 15) is 24.8 Å². The molecule has 0 unspecified atom stereocenters. The van der Waals surface area contributed by atoms with Crippen molar-refractivity contribution < 1.29 is 19.2 Å². The van der Waals surface area contributed by atoms with Crippen LogP contribution in [0.4, 0.5) is 5.69 Å². The first-order chi connectivity index (χ1) is 12.4. The maximum absolute atomic E-state index is 12.8. The van der Waals surface area contributed by atoms with Crippen molar-refractivity contribution in [2.75, 3.05) is 5.88 Å². The number of nitrogens with zero attached hydrogens (tertiary/aromatic N) is 2. The lowest BCUT2D eigenvalue weighted by Crippen LogP contribution is -2.33. The number of aromatic nitrogens is 1. The molecule has 0 radical (unpaired) electrons. The lowest BCUT2D eigenvalue weighted by Gasteiger charge is -2.19. The van der Waals surface area contributed by atoms with Crippen LogP contribution in [-0.2, 0) is 0 Å². The van der Waals surface area contributed by atoms with E-state index in [1.54, 1.807) is 24.3 Å². The number of nitro groups is 1. The number of oxazole rings is 1. The van der Waals surface area contributed by atoms with Gasteiger partial charge in [0.1, 0.15) is 0 Å². The molecule has 0 aliphatic rings. The molecule has 0 aliphatic carbocycles. The SMILES string of the molecule is O=C([C@@H](CCl)[C@@H](O)c1ccc([N+](=O)[O-])cc1)n1c(=O)oc2ccccc21. The number of para-hydroxylation sites is 2. The number of aliphatic hydroxyl groups excluding tert-OH is 1. The van der Waals surface area contributed by atoms with Gasteiger partial charge in [-0.25, -0.2) is 9.36 Å². The van der Waals surface area contributed by atoms with Crippen LogP contribution in [0.25, 0.3) is 11.1 Å². The van der Waals surface area contributed by atoms with Gasteiger partial charge in [-0.1, -0.05) is 12.1 Å². The van der Waals surface area contributed by atoms with E-state index in [-0.39, 0.29) is 28.2 Å². The molecule has 1 aromatic heterocycles. The van der Waals surface area contributed by atoms with Crippen molar-refractivity contribution in [3.63, 3.8) is 0 Å². The maximum Gasteiger partial charge on any atom is 0.426 e. The summed E-state index contributed by atoms with van der Waals surface area (Å²) in [6, 6.07) is 11.5. The second-order valence-corrected chi connectivity index (χ2v) is 5.87. The fraction of sp³-hybridized carbons (Fsp3) is 0.176. The minimum absolute atomic E-state index is 0.147. The minimum atomic E-state index is -1.35. The number of hydrogen-bond acceptors (Lipinski definition) is 6. The van der Waals surface area contributed by atoms with Gasteiger partial charge in [-0.2, -0.15) is 0 Å². The van der Waals surface area contributed by atoms with Gasteiger partial charge in [-0.15, -0.1) is 11.6 Å². The molecule has 3 rings (SSSR count). The van der Waals surface area contributed by atoms with Gasteiger partial charge in [0.25, 0.3) is 5.69 Å². The third kappa shape index (κ3) is 3.12. The summed E-state index contributed by atoms with van der Waals surface area (Å²) < 4.78 is 5.86. The summed E-state index contributed by atoms with van der Waals surface area (Å²) >= 11 is 5.87. The Labute approximate surface area is 151 Å². The van der Waals surface area contributed by atoms with E-state index >= 15 is 0 Å². The molecule has 26 heavy (non-hydrogen) atoms. The Kier molecular flexibility index (Phi) is 4.88. The van der Waals surface area contributed by atoms with Crippen molar-refractivity contribution in [3.8, 4) is 0 Å². The maximum atomic E-state index is 12.8. The first kappa shape index (κ1) is 17.8. The predicted molar refractivity (Wildman–Crippen MR) is 93.4 cm³/mol. The van der Waals surface area contributed by atoms with Crippen LogP contribution in [0.1, 0.15) is 16.5 Å². The minimum Gasteiger partial charge on any atom is -0.407 e. The standard InChI is InChI=1S/C17H13ClN2O6/c18-9-12(15(21)10-5-7-11(8-6-10)20(24)25)16(22)19-13-3-1-2-4-14(13)26-17(19)23/h1-8,12,15,21H,9H2/t12-,15-/m0/s1. The fourth-order valence-electron chi connectivity index (χ4n) is 2.65. The average Bonchev–Trinajstić information content (AvgIpc) is 2.97. The van der Waals surface area contributed by atoms with Crippen LogP contribution in [0, 0.1) is 16.0 Å². The van der Waals surface area contributed by atoms with Gasteiger partial charge >= 0.3 is 5.76 Å². The van der Waals surface area contributed by atoms with Crippen molar-refractivity contribution >= 4 is 34.3 Å². The molecule has 0 bridgehead atoms. The zero-order chi connectivity index (χ0) is 18.8. The highest BCUT2D eigenvalue weighted by molar-refractivity contribution is 6.19. The van der Waals surface area contributed by atoms with Crippen molar-refractivity contribution in [1.29, 1.82) is 0 Å². The summed E-state index contributed by atoms with van der Waals surface area (Å²) in [5.74, 6) is -3.00. The lowest BCUT2D eigenvalue weighted by molar-refractivity contribution is -0.384. The Morgan fingerprint density at radius 2 is 1.88 bits per heavy atom. The highest BCUT2D eigenvalue weighted by atomic mass is 35.5. The van der Waals surface area contributed by atoms with E-state index in [0.29, 0.717) is 0 Å². The summed E-state index contributed by atoms with van der Waals surface area (Å²) in [6.07, 6.45) is -1.35. The Morgan fingerprint density at radius 1 is 1.23 bits per heavy atom. The van der Waals surface area contributed by atoms with Crippen LogP contribution in [0.2, 0.25) is 0 Å². The normalized spacial score (nSPS) is 13.5. The molecule has 1 heterocycles. The van der Waals surface area contributed by atoms with Gasteiger partial charge in [-0.3, -0.25) is 14.9 Å². The largest absolute Gasteiger partial charge is 0.426 e. The van der Waals surface area contributed by atoms with Crippen molar-refractivity contribution in [3.05, 3.63) is 74.8 Å². The van der Waals surface area contributed by atoms with Crippen molar-refractivity contribution in [2.45, 2.75) is 6.10 Å². The number of alkyl halides is 1. The molecule has 2 aromatic carbocycles. The highest BCUT2D eigenvalue weighted by Crippen LogP contribution is 2.27. The Morgan fingerprint density at radius 3 is 2.50 bits per heavy atom.